The summed E-state index contributed by atoms with van der Waals surface area (Å²) in [5.41, 5.74) is 0. The Morgan fingerprint density at radius 1 is 0.737 bits per heavy atom. The van der Waals surface area contributed by atoms with Crippen LogP contribution >= 0.6 is 15.2 Å². The lowest BCUT2D eigenvalue weighted by Gasteiger charge is -2.18. The summed E-state index contributed by atoms with van der Waals surface area (Å²) < 4.78 is 43.8. The van der Waals surface area contributed by atoms with Crippen LogP contribution in [0.5, 0.6) is 0 Å². The van der Waals surface area contributed by atoms with E-state index in [1.54, 1.807) is 0 Å². The Hall–Kier alpha value is 0.300. The number of hydrogen-bond acceptors (Lipinski definition) is 6. The molecule has 19 heavy (non-hydrogen) atoms. The van der Waals surface area contributed by atoms with Crippen LogP contribution in [0.25, 0.3) is 0 Å². The molecule has 0 aromatic carbocycles. The molecule has 6 nitrogen and oxygen atoms in total. The van der Waals surface area contributed by atoms with Crippen molar-refractivity contribution in [1.29, 1.82) is 0 Å². The quantitative estimate of drug-likeness (QED) is 0.448. The van der Waals surface area contributed by atoms with Crippen molar-refractivity contribution in [3.8, 4) is 0 Å². The summed E-state index contributed by atoms with van der Waals surface area (Å²) >= 11 is 0. The number of rotatable bonds is 10. The van der Waals surface area contributed by atoms with E-state index < -0.39 is 15.2 Å². The Morgan fingerprint density at radius 2 is 1.05 bits per heavy atom. The lowest BCUT2D eigenvalue weighted by atomic mass is 10.2. The maximum Gasteiger partial charge on any atom is 0.329 e. The molecular weight excluding hydrogens is 290 g/mol. The van der Waals surface area contributed by atoms with Gasteiger partial charge in [-0.3, -0.25) is 18.2 Å². The first-order valence-corrected chi connectivity index (χ1v) is 10.3. The van der Waals surface area contributed by atoms with Gasteiger partial charge in [-0.2, -0.15) is 0 Å². The van der Waals surface area contributed by atoms with Gasteiger partial charge in [0.05, 0.1) is 13.2 Å². The van der Waals surface area contributed by atoms with Gasteiger partial charge in [0.2, 0.25) is 0 Å². The molecule has 0 N–H and O–H groups in total. The molecule has 0 aliphatic rings. The first kappa shape index (κ1) is 19.3. The van der Waals surface area contributed by atoms with Crippen LogP contribution in [0.1, 0.15) is 27.7 Å². The minimum atomic E-state index is -3.17. The van der Waals surface area contributed by atoms with Gasteiger partial charge in [0.1, 0.15) is 0 Å². The van der Waals surface area contributed by atoms with Gasteiger partial charge in [-0.25, -0.2) is 0 Å². The molecule has 0 bridgehead atoms. The molecule has 0 fully saturated rings. The van der Waals surface area contributed by atoms with Crippen molar-refractivity contribution in [2.75, 3.05) is 33.3 Å². The minimum absolute atomic E-state index is 0.254. The van der Waals surface area contributed by atoms with E-state index in [1.807, 2.05) is 27.7 Å². The molecule has 0 spiro atoms. The molecule has 0 aromatic rings. The molecule has 0 amide bonds. The van der Waals surface area contributed by atoms with Gasteiger partial charge < -0.3 is 9.05 Å². The Kier molecular flexibility index (Phi) is 8.69. The average molecular weight is 316 g/mol. The van der Waals surface area contributed by atoms with Crippen LogP contribution in [0.15, 0.2) is 0 Å². The molecule has 2 atom stereocenters. The second kappa shape index (κ2) is 8.56. The zero-order valence-corrected chi connectivity index (χ0v) is 14.4. The van der Waals surface area contributed by atoms with Gasteiger partial charge in [-0.15, -0.1) is 0 Å². The summed E-state index contributed by atoms with van der Waals surface area (Å²) in [5.74, 6) is 0.508. The zero-order valence-electron chi connectivity index (χ0n) is 12.6. The Bertz CT molecular complexity index is 310. The van der Waals surface area contributed by atoms with Gasteiger partial charge in [-0.1, -0.05) is 27.7 Å². The van der Waals surface area contributed by atoms with Crippen LogP contribution in [0, 0.1) is 11.8 Å². The molecule has 0 heterocycles. The molecule has 116 valence electrons. The maximum absolute atomic E-state index is 11.8. The van der Waals surface area contributed by atoms with E-state index in [1.165, 1.54) is 13.3 Å². The zero-order chi connectivity index (χ0) is 15.1. The van der Waals surface area contributed by atoms with Crippen molar-refractivity contribution in [1.82, 2.24) is 0 Å². The van der Waals surface area contributed by atoms with Crippen molar-refractivity contribution >= 4 is 15.2 Å². The van der Waals surface area contributed by atoms with Crippen LogP contribution in [0.4, 0.5) is 0 Å². The molecule has 0 saturated heterocycles. The lowest BCUT2D eigenvalue weighted by Crippen LogP contribution is -2.06. The van der Waals surface area contributed by atoms with Crippen LogP contribution in [-0.2, 0) is 27.2 Å². The minimum Gasteiger partial charge on any atom is -0.308 e. The van der Waals surface area contributed by atoms with Crippen LogP contribution < -0.4 is 0 Å². The van der Waals surface area contributed by atoms with Gasteiger partial charge >= 0.3 is 15.2 Å². The van der Waals surface area contributed by atoms with Gasteiger partial charge in [0.15, 0.2) is 6.79 Å². The summed E-state index contributed by atoms with van der Waals surface area (Å²) in [7, 11) is -6.34. The third-order valence-corrected chi connectivity index (χ3v) is 4.24. The van der Waals surface area contributed by atoms with E-state index in [0.717, 1.165) is 0 Å². The van der Waals surface area contributed by atoms with Crippen molar-refractivity contribution in [3.05, 3.63) is 0 Å². The fourth-order valence-corrected chi connectivity index (χ4v) is 2.72. The van der Waals surface area contributed by atoms with Gasteiger partial charge in [0, 0.05) is 13.3 Å². The highest BCUT2D eigenvalue weighted by Crippen LogP contribution is 2.48. The molecule has 0 aliphatic carbocycles. The highest BCUT2D eigenvalue weighted by Gasteiger charge is 2.22. The van der Waals surface area contributed by atoms with E-state index in [4.69, 9.17) is 18.1 Å². The first-order chi connectivity index (χ1) is 8.54. The highest BCUT2D eigenvalue weighted by molar-refractivity contribution is 7.53. The summed E-state index contributed by atoms with van der Waals surface area (Å²) in [6.07, 6.45) is 0. The standard InChI is InChI=1S/C11H26O6P2/c1-10(2)7-14-18(5,12)16-9-17-19(6,13)15-8-11(3)4/h10-11H,7-9H2,1-6H3. The smallest absolute Gasteiger partial charge is 0.308 e. The second-order valence-electron chi connectivity index (χ2n) is 5.30. The molecule has 0 saturated carbocycles. The van der Waals surface area contributed by atoms with Crippen molar-refractivity contribution in [2.45, 2.75) is 27.7 Å². The van der Waals surface area contributed by atoms with Crippen LogP contribution in [0.3, 0.4) is 0 Å². The highest BCUT2D eigenvalue weighted by atomic mass is 31.2. The first-order valence-electron chi connectivity index (χ1n) is 6.27. The Balaban J connectivity index is 4.00. The molecule has 0 aliphatic heterocycles. The van der Waals surface area contributed by atoms with Crippen LogP contribution in [0.2, 0.25) is 0 Å². The monoisotopic (exact) mass is 316 g/mol. The Morgan fingerprint density at radius 3 is 1.32 bits per heavy atom. The van der Waals surface area contributed by atoms with E-state index in [0.29, 0.717) is 13.2 Å². The van der Waals surface area contributed by atoms with E-state index in [-0.39, 0.29) is 18.6 Å². The summed E-state index contributed by atoms with van der Waals surface area (Å²) in [6.45, 7) is 10.8. The normalized spacial score (nSPS) is 18.5. The van der Waals surface area contributed by atoms with Crippen molar-refractivity contribution in [2.24, 2.45) is 11.8 Å². The van der Waals surface area contributed by atoms with Gasteiger partial charge in [-0.05, 0) is 11.8 Å². The molecule has 0 aromatic heterocycles. The predicted octanol–water partition coefficient (Wildman–Crippen LogP) is 3.97. The molecular formula is C11H26O6P2. The fourth-order valence-electron chi connectivity index (χ4n) is 0.859. The number of hydrogen-bond donors (Lipinski definition) is 0. The topological polar surface area (TPSA) is 71.1 Å². The summed E-state index contributed by atoms with van der Waals surface area (Å²) in [4.78, 5) is 0. The predicted molar refractivity (Wildman–Crippen MR) is 75.7 cm³/mol. The summed E-state index contributed by atoms with van der Waals surface area (Å²) in [6, 6.07) is 0. The largest absolute Gasteiger partial charge is 0.329 e. The second-order valence-corrected chi connectivity index (χ2v) is 9.42. The van der Waals surface area contributed by atoms with E-state index in [2.05, 4.69) is 0 Å². The average Bonchev–Trinajstić information content (AvgIpc) is 2.23. The third kappa shape index (κ3) is 11.8. The SMILES string of the molecule is CC(C)COP(C)(=O)OCOP(C)(=O)OCC(C)C. The van der Waals surface area contributed by atoms with E-state index >= 15 is 0 Å². The molecule has 2 unspecified atom stereocenters. The maximum atomic E-state index is 11.8. The Labute approximate surface area is 116 Å². The molecule has 0 radical (unpaired) electrons. The summed E-state index contributed by atoms with van der Waals surface area (Å²) in [5, 5.41) is 0. The molecule has 0 rings (SSSR count). The van der Waals surface area contributed by atoms with Crippen molar-refractivity contribution < 1.29 is 27.2 Å². The fraction of sp³-hybridized carbons (Fsp3) is 1.00. The van der Waals surface area contributed by atoms with Crippen molar-refractivity contribution in [3.63, 3.8) is 0 Å². The third-order valence-electron chi connectivity index (χ3n) is 1.86. The van der Waals surface area contributed by atoms with E-state index in [9.17, 15) is 9.13 Å². The lowest BCUT2D eigenvalue weighted by molar-refractivity contribution is 0.0736. The molecule has 8 heteroatoms. The van der Waals surface area contributed by atoms with Gasteiger partial charge in [0.25, 0.3) is 0 Å². The van der Waals surface area contributed by atoms with Crippen LogP contribution in [-0.4, -0.2) is 33.3 Å².